The van der Waals surface area contributed by atoms with Crippen molar-refractivity contribution in [3.05, 3.63) is 90.1 Å². The van der Waals surface area contributed by atoms with E-state index in [0.717, 1.165) is 11.1 Å². The highest BCUT2D eigenvalue weighted by Crippen LogP contribution is 2.24. The van der Waals surface area contributed by atoms with Crippen molar-refractivity contribution >= 4 is 41.5 Å². The molecule has 14 heteroatoms. The van der Waals surface area contributed by atoms with Gasteiger partial charge in [0, 0.05) is 44.8 Å². The third-order valence-corrected chi connectivity index (χ3v) is 11.9. The van der Waals surface area contributed by atoms with Gasteiger partial charge in [-0.2, -0.15) is 4.59 Å². The zero-order valence-electron chi connectivity index (χ0n) is 37.3. The summed E-state index contributed by atoms with van der Waals surface area (Å²) in [4.78, 5) is 83.7. The molecule has 1 aromatic carbocycles. The number of benzene rings is 1. The van der Waals surface area contributed by atoms with Gasteiger partial charge in [-0.25, -0.2) is 4.79 Å². The molecule has 3 heterocycles. The molecule has 4 amide bonds. The Labute approximate surface area is 367 Å². The van der Waals surface area contributed by atoms with Crippen molar-refractivity contribution < 1.29 is 47.9 Å². The molecule has 62 heavy (non-hydrogen) atoms. The number of aliphatic hydroxyl groups is 1. The second-order valence-electron chi connectivity index (χ2n) is 17.3. The minimum Gasteiger partial charge on any atom is -0.456 e. The fourth-order valence-electron chi connectivity index (χ4n) is 7.94. The molecule has 8 unspecified atom stereocenters. The van der Waals surface area contributed by atoms with E-state index in [4.69, 9.17) is 9.47 Å². The molecule has 1 aromatic rings. The molecule has 14 nitrogen and oxygen atoms in total. The first-order valence-electron chi connectivity index (χ1n) is 21.9. The van der Waals surface area contributed by atoms with E-state index in [2.05, 4.69) is 22.6 Å². The Bertz CT molecular complexity index is 1880. The number of morpholine rings is 1. The number of hydrogen-bond donors (Lipinski definition) is 4. The summed E-state index contributed by atoms with van der Waals surface area (Å²) in [5, 5.41) is 17.4. The van der Waals surface area contributed by atoms with Crippen LogP contribution in [0, 0.1) is 17.8 Å². The van der Waals surface area contributed by atoms with E-state index in [9.17, 15) is 33.9 Å². The maximum Gasteiger partial charge on any atom is 0.355 e. The minimum atomic E-state index is -1.13. The average molecular weight is 859 g/mol. The molecule has 8 atom stereocenters. The molecule has 0 aromatic heterocycles. The lowest BCUT2D eigenvalue weighted by Gasteiger charge is -2.40. The first kappa shape index (κ1) is 49.6. The van der Waals surface area contributed by atoms with Crippen LogP contribution in [0.25, 0.3) is 6.08 Å². The van der Waals surface area contributed by atoms with Gasteiger partial charge in [-0.3, -0.25) is 19.2 Å². The fraction of sp³-hybridized carbons (Fsp3) is 0.542. The maximum atomic E-state index is 14.8. The number of ether oxygens (including phenoxy) is 2. The van der Waals surface area contributed by atoms with Crippen LogP contribution in [0.1, 0.15) is 84.3 Å². The molecule has 0 saturated carbocycles. The highest BCUT2D eigenvalue weighted by atomic mass is 16.5. The Kier molecular flexibility index (Phi) is 19.2. The SMILES string of the molecule is C=Cc1cccc(CC2NC(=O)C(C(C)C)NC(=O)C(CCC(C)=O)C(O)C(C)CC=CC=CCC(C(C)=CC=CC(=O)N3CCOCC3)OC(=O)C3CCC[N+](C)(N3)C2=O)c1. The summed E-state index contributed by atoms with van der Waals surface area (Å²) in [5.41, 5.74) is 5.55. The van der Waals surface area contributed by atoms with Crippen LogP contribution in [0.5, 0.6) is 0 Å². The van der Waals surface area contributed by atoms with Gasteiger partial charge in [0.25, 0.3) is 0 Å². The number of esters is 1. The summed E-state index contributed by atoms with van der Waals surface area (Å²) < 4.78 is 11.2. The molecule has 2 fully saturated rings. The van der Waals surface area contributed by atoms with E-state index < -0.39 is 71.8 Å². The topological polar surface area (TPSA) is 180 Å². The van der Waals surface area contributed by atoms with Crippen LogP contribution < -0.4 is 16.1 Å². The number of carbonyl (C=O) groups is 6. The predicted molar refractivity (Wildman–Crippen MR) is 237 cm³/mol. The quantitative estimate of drug-likeness (QED) is 0.115. The van der Waals surface area contributed by atoms with E-state index in [1.54, 1.807) is 44.0 Å². The normalized spacial score (nSPS) is 29.0. The standard InChI is InChI=1S/C48H67N5O9/c1-8-36-18-14-19-37(30-36)31-40-47(59)53(7)27-15-20-39(51-53)48(60)62-41(33(4)17-13-22-42(55)52-25-28-61-29-26-52)21-12-10-9-11-16-34(5)44(56)38(24-23-35(6)54)45(57)50-43(32(2)3)46(58)49-40/h8-14,17-19,22,30,32,34,38-41,43-44,51,56H,1,15-16,20-21,23-29,31H2,2-7H3,(H-,49,50,57,58)/p+1. The summed E-state index contributed by atoms with van der Waals surface area (Å²) in [5.74, 6) is -4.12. The Morgan fingerprint density at radius 3 is 2.42 bits per heavy atom. The van der Waals surface area contributed by atoms with Crippen LogP contribution in [-0.4, -0.2) is 120 Å². The second kappa shape index (κ2) is 24.0. The number of carbonyl (C=O) groups excluding carboxylic acids is 6. The van der Waals surface area contributed by atoms with Crippen molar-refractivity contribution in [3.63, 3.8) is 0 Å². The van der Waals surface area contributed by atoms with Gasteiger partial charge in [-0.05, 0) is 61.6 Å². The van der Waals surface area contributed by atoms with Crippen molar-refractivity contribution in [1.82, 2.24) is 21.0 Å². The number of rotatable bonds is 10. The third-order valence-electron chi connectivity index (χ3n) is 11.9. The van der Waals surface area contributed by atoms with E-state index in [1.165, 1.54) is 13.0 Å². The second-order valence-corrected chi connectivity index (χ2v) is 17.3. The van der Waals surface area contributed by atoms with Crippen molar-refractivity contribution in [3.8, 4) is 0 Å². The molecule has 0 spiro atoms. The number of nitrogens with zero attached hydrogens (tertiary/aromatic N) is 2. The van der Waals surface area contributed by atoms with Crippen molar-refractivity contribution in [2.75, 3.05) is 39.9 Å². The summed E-state index contributed by atoms with van der Waals surface area (Å²) >= 11 is 0. The Morgan fingerprint density at radius 2 is 1.74 bits per heavy atom. The van der Waals surface area contributed by atoms with Gasteiger partial charge in [-0.1, -0.05) is 94.1 Å². The van der Waals surface area contributed by atoms with Gasteiger partial charge in [-0.15, -0.1) is 5.43 Å². The van der Waals surface area contributed by atoms with Crippen LogP contribution in [0.2, 0.25) is 0 Å². The summed E-state index contributed by atoms with van der Waals surface area (Å²) in [6.45, 7) is 14.8. The molecule has 3 aliphatic rings. The predicted octanol–water partition coefficient (Wildman–Crippen LogP) is 4.30. The lowest BCUT2D eigenvalue weighted by molar-refractivity contribution is -0.887. The zero-order valence-corrected chi connectivity index (χ0v) is 37.3. The first-order valence-corrected chi connectivity index (χ1v) is 21.9. The van der Waals surface area contributed by atoms with Gasteiger partial charge in [0.2, 0.25) is 17.7 Å². The van der Waals surface area contributed by atoms with E-state index in [0.29, 0.717) is 64.1 Å². The lowest BCUT2D eigenvalue weighted by Crippen LogP contribution is -2.71. The van der Waals surface area contributed by atoms with Gasteiger partial charge in [0.15, 0.2) is 12.1 Å². The lowest BCUT2D eigenvalue weighted by atomic mass is 9.85. The number of fused-ring (bicyclic) bond motifs is 2. The summed E-state index contributed by atoms with van der Waals surface area (Å²) in [6, 6.07) is 4.44. The number of allylic oxidation sites excluding steroid dienone is 5. The van der Waals surface area contributed by atoms with Crippen LogP contribution in [0.4, 0.5) is 0 Å². The minimum absolute atomic E-state index is 0.0728. The van der Waals surface area contributed by atoms with Gasteiger partial charge < -0.3 is 34.9 Å². The van der Waals surface area contributed by atoms with Crippen LogP contribution >= 0.6 is 0 Å². The number of cyclic esters (lactones) is 1. The molecule has 338 valence electrons. The Balaban J connectivity index is 1.72. The van der Waals surface area contributed by atoms with E-state index in [-0.39, 0.29) is 35.5 Å². The largest absolute Gasteiger partial charge is 0.456 e. The van der Waals surface area contributed by atoms with E-state index in [1.807, 2.05) is 62.4 Å². The molecule has 2 bridgehead atoms. The number of quaternary nitrogens is 1. The summed E-state index contributed by atoms with van der Waals surface area (Å²) in [7, 11) is 1.68. The Morgan fingerprint density at radius 1 is 1.03 bits per heavy atom. The van der Waals surface area contributed by atoms with Crippen molar-refractivity contribution in [2.24, 2.45) is 17.8 Å². The van der Waals surface area contributed by atoms with Gasteiger partial charge in [0.05, 0.1) is 32.3 Å². The maximum absolute atomic E-state index is 14.8. The van der Waals surface area contributed by atoms with Crippen molar-refractivity contribution in [1.29, 1.82) is 0 Å². The fourth-order valence-corrected chi connectivity index (χ4v) is 7.94. The number of amides is 4. The molecule has 0 aliphatic carbocycles. The number of nitrogens with one attached hydrogen (secondary N) is 3. The zero-order chi connectivity index (χ0) is 45.4. The molecule has 4 rings (SSSR count). The molecule has 3 aliphatic heterocycles. The highest BCUT2D eigenvalue weighted by Gasteiger charge is 2.46. The molecule has 4 N–H and O–H groups in total. The molecular weight excluding hydrogens is 791 g/mol. The number of ketones is 1. The van der Waals surface area contributed by atoms with Crippen LogP contribution in [0.3, 0.4) is 0 Å². The average Bonchev–Trinajstić information content (AvgIpc) is 3.25. The molecule has 0 radical (unpaired) electrons. The number of hydrogen-bond acceptors (Lipinski definition) is 10. The molecular formula is C48H68N5O9+. The first-order chi connectivity index (χ1) is 29.5. The monoisotopic (exact) mass is 859 g/mol. The number of likely N-dealkylation sites (N-methyl/N-ethyl adjacent to an activating group) is 1. The van der Waals surface area contributed by atoms with Crippen LogP contribution in [-0.2, 0) is 44.7 Å². The van der Waals surface area contributed by atoms with Crippen molar-refractivity contribution in [2.45, 2.75) is 110 Å². The van der Waals surface area contributed by atoms with E-state index >= 15 is 0 Å². The Hall–Kier alpha value is -5.02. The smallest absolute Gasteiger partial charge is 0.355 e. The van der Waals surface area contributed by atoms with Gasteiger partial charge >= 0.3 is 11.9 Å². The summed E-state index contributed by atoms with van der Waals surface area (Å²) in [6.07, 6.45) is 14.0. The number of aliphatic hydroxyl groups excluding tert-OH is 1. The van der Waals surface area contributed by atoms with Crippen LogP contribution in [0.15, 0.2) is 78.9 Å². The highest BCUT2D eigenvalue weighted by molar-refractivity contribution is 5.92. The number of Topliss-reactive ketones (excluding diaryl/α,β-unsaturated/α-hetero) is 1. The third kappa shape index (κ3) is 14.5. The van der Waals surface area contributed by atoms with Gasteiger partial charge in [0.1, 0.15) is 24.5 Å². The molecule has 2 saturated heterocycles.